The number of aromatic nitrogens is 2. The molecule has 0 saturated carbocycles. The zero-order valence-electron chi connectivity index (χ0n) is 14.2. The van der Waals surface area contributed by atoms with Crippen LogP contribution in [0.25, 0.3) is 0 Å². The van der Waals surface area contributed by atoms with Crippen LogP contribution in [0.2, 0.25) is 0 Å². The number of aliphatic hydroxyl groups excluding tert-OH is 1. The highest BCUT2D eigenvalue weighted by molar-refractivity contribution is 9.10. The minimum absolute atomic E-state index is 0.0378. The quantitative estimate of drug-likeness (QED) is 0.731. The topological polar surface area (TPSA) is 101 Å². The molecule has 7 nitrogen and oxygen atoms in total. The fourth-order valence-electron chi connectivity index (χ4n) is 1.99. The third kappa shape index (κ3) is 4.90. The fourth-order valence-corrected chi connectivity index (χ4v) is 3.56. The SMILES string of the molecule is CC(C)(C)c1ccc(S(=O)(=O)Nc2ncnc(OCCO)c2Br)cc1. The van der Waals surface area contributed by atoms with Crippen LogP contribution in [0.3, 0.4) is 0 Å². The van der Waals surface area contributed by atoms with Gasteiger partial charge in [0, 0.05) is 0 Å². The van der Waals surface area contributed by atoms with E-state index in [9.17, 15) is 8.42 Å². The van der Waals surface area contributed by atoms with Crippen LogP contribution in [0.15, 0.2) is 40.0 Å². The second-order valence-electron chi connectivity index (χ2n) is 6.29. The molecule has 0 radical (unpaired) electrons. The second-order valence-corrected chi connectivity index (χ2v) is 8.77. The molecule has 9 heteroatoms. The van der Waals surface area contributed by atoms with Crippen LogP contribution < -0.4 is 9.46 Å². The van der Waals surface area contributed by atoms with E-state index < -0.39 is 10.0 Å². The maximum Gasteiger partial charge on any atom is 0.263 e. The lowest BCUT2D eigenvalue weighted by atomic mass is 9.87. The summed E-state index contributed by atoms with van der Waals surface area (Å²) in [5, 5.41) is 8.81. The molecule has 0 unspecified atom stereocenters. The second kappa shape index (κ2) is 7.67. The Morgan fingerprint density at radius 1 is 1.20 bits per heavy atom. The highest BCUT2D eigenvalue weighted by atomic mass is 79.9. The Labute approximate surface area is 155 Å². The number of benzene rings is 1. The standard InChI is InChI=1S/C16H20BrN3O4S/c1-16(2,3)11-4-6-12(7-5-11)25(22,23)20-14-13(17)15(19-10-18-14)24-9-8-21/h4-7,10,21H,8-9H2,1-3H3,(H,18,19,20). The molecule has 1 heterocycles. The van der Waals surface area contributed by atoms with Gasteiger partial charge in [-0.15, -0.1) is 0 Å². The molecule has 0 aliphatic carbocycles. The summed E-state index contributed by atoms with van der Waals surface area (Å²) in [6.45, 7) is 6.02. The first-order chi connectivity index (χ1) is 11.6. The first-order valence-electron chi connectivity index (χ1n) is 7.52. The zero-order chi connectivity index (χ0) is 18.7. The van der Waals surface area contributed by atoms with E-state index in [0.29, 0.717) is 0 Å². The molecular formula is C16H20BrN3O4S. The largest absolute Gasteiger partial charge is 0.474 e. The Hall–Kier alpha value is -1.71. The van der Waals surface area contributed by atoms with Gasteiger partial charge in [0.15, 0.2) is 5.82 Å². The predicted molar refractivity (Wildman–Crippen MR) is 98.3 cm³/mol. The molecule has 0 saturated heterocycles. The van der Waals surface area contributed by atoms with Crippen LogP contribution in [-0.4, -0.2) is 36.7 Å². The maximum absolute atomic E-state index is 12.6. The van der Waals surface area contributed by atoms with Gasteiger partial charge in [-0.2, -0.15) is 0 Å². The van der Waals surface area contributed by atoms with Crippen molar-refractivity contribution in [1.82, 2.24) is 9.97 Å². The zero-order valence-corrected chi connectivity index (χ0v) is 16.6. The summed E-state index contributed by atoms with van der Waals surface area (Å²) in [5.41, 5.74) is 0.971. The Morgan fingerprint density at radius 3 is 2.40 bits per heavy atom. The summed E-state index contributed by atoms with van der Waals surface area (Å²) in [6, 6.07) is 6.70. The smallest absolute Gasteiger partial charge is 0.263 e. The van der Waals surface area contributed by atoms with Gasteiger partial charge >= 0.3 is 0 Å². The van der Waals surface area contributed by atoms with Crippen LogP contribution in [0.1, 0.15) is 26.3 Å². The average Bonchev–Trinajstić information content (AvgIpc) is 2.55. The van der Waals surface area contributed by atoms with E-state index in [4.69, 9.17) is 9.84 Å². The predicted octanol–water partition coefficient (Wildman–Crippen LogP) is 2.71. The normalized spacial score (nSPS) is 12.0. The minimum Gasteiger partial charge on any atom is -0.474 e. The van der Waals surface area contributed by atoms with Crippen molar-refractivity contribution in [1.29, 1.82) is 0 Å². The van der Waals surface area contributed by atoms with Gasteiger partial charge in [-0.05, 0) is 39.0 Å². The number of aliphatic hydroxyl groups is 1. The van der Waals surface area contributed by atoms with Crippen LogP contribution in [0.4, 0.5) is 5.82 Å². The number of ether oxygens (including phenoxy) is 1. The van der Waals surface area contributed by atoms with Gasteiger partial charge in [0.1, 0.15) is 17.4 Å². The van der Waals surface area contributed by atoms with E-state index in [0.717, 1.165) is 5.56 Å². The van der Waals surface area contributed by atoms with Crippen LogP contribution in [0, 0.1) is 0 Å². The van der Waals surface area contributed by atoms with Gasteiger partial charge in [-0.1, -0.05) is 32.9 Å². The molecule has 0 amide bonds. The molecule has 1 aromatic carbocycles. The molecule has 2 N–H and O–H groups in total. The molecule has 0 aliphatic heterocycles. The van der Waals surface area contributed by atoms with Crippen molar-refractivity contribution in [3.05, 3.63) is 40.6 Å². The summed E-state index contributed by atoms with van der Waals surface area (Å²) in [4.78, 5) is 7.94. The van der Waals surface area contributed by atoms with Crippen LogP contribution >= 0.6 is 15.9 Å². The third-order valence-corrected chi connectivity index (χ3v) is 5.42. The van der Waals surface area contributed by atoms with Crippen molar-refractivity contribution in [2.24, 2.45) is 0 Å². The molecule has 0 bridgehead atoms. The van der Waals surface area contributed by atoms with E-state index in [2.05, 4.69) is 51.4 Å². The van der Waals surface area contributed by atoms with E-state index >= 15 is 0 Å². The van der Waals surface area contributed by atoms with Crippen molar-refractivity contribution in [2.75, 3.05) is 17.9 Å². The molecule has 0 fully saturated rings. The summed E-state index contributed by atoms with van der Waals surface area (Å²) in [6.07, 6.45) is 1.18. The van der Waals surface area contributed by atoms with Gasteiger partial charge in [-0.25, -0.2) is 18.4 Å². The lowest BCUT2D eigenvalue weighted by Crippen LogP contribution is -2.16. The van der Waals surface area contributed by atoms with E-state index in [1.807, 2.05) is 0 Å². The van der Waals surface area contributed by atoms with E-state index in [1.165, 1.54) is 6.33 Å². The molecule has 0 atom stereocenters. The van der Waals surface area contributed by atoms with Crippen molar-refractivity contribution in [3.8, 4) is 5.88 Å². The van der Waals surface area contributed by atoms with Crippen molar-refractivity contribution in [3.63, 3.8) is 0 Å². The number of rotatable bonds is 6. The average molecular weight is 430 g/mol. The monoisotopic (exact) mass is 429 g/mol. The number of nitrogens with zero attached hydrogens (tertiary/aromatic N) is 2. The number of hydrogen-bond acceptors (Lipinski definition) is 6. The number of sulfonamides is 1. The Balaban J connectivity index is 2.27. The molecule has 1 aromatic heterocycles. The number of anilines is 1. The first kappa shape index (κ1) is 19.6. The van der Waals surface area contributed by atoms with Gasteiger partial charge in [-0.3, -0.25) is 4.72 Å². The lowest BCUT2D eigenvalue weighted by molar-refractivity contribution is 0.196. The van der Waals surface area contributed by atoms with Gasteiger partial charge in [0.25, 0.3) is 10.0 Å². The van der Waals surface area contributed by atoms with E-state index in [-0.39, 0.29) is 39.7 Å². The number of halogens is 1. The third-order valence-electron chi connectivity index (χ3n) is 3.35. The van der Waals surface area contributed by atoms with Gasteiger partial charge in [0.05, 0.1) is 11.5 Å². The molecule has 0 aliphatic rings. The maximum atomic E-state index is 12.6. The van der Waals surface area contributed by atoms with Crippen LogP contribution in [-0.2, 0) is 15.4 Å². The van der Waals surface area contributed by atoms with Crippen LogP contribution in [0.5, 0.6) is 5.88 Å². The molecule has 2 aromatic rings. The summed E-state index contributed by atoms with van der Waals surface area (Å²) < 4.78 is 33.0. The highest BCUT2D eigenvalue weighted by Gasteiger charge is 2.20. The van der Waals surface area contributed by atoms with Crippen molar-refractivity contribution < 1.29 is 18.3 Å². The summed E-state index contributed by atoms with van der Waals surface area (Å²) >= 11 is 3.22. The number of hydrogen-bond donors (Lipinski definition) is 2. The Bertz CT molecular complexity index is 833. The van der Waals surface area contributed by atoms with E-state index in [1.54, 1.807) is 24.3 Å². The lowest BCUT2D eigenvalue weighted by Gasteiger charge is -2.19. The number of nitrogens with one attached hydrogen (secondary N) is 1. The fraction of sp³-hybridized carbons (Fsp3) is 0.375. The van der Waals surface area contributed by atoms with Crippen molar-refractivity contribution in [2.45, 2.75) is 31.1 Å². The van der Waals surface area contributed by atoms with Gasteiger partial charge in [0.2, 0.25) is 5.88 Å². The van der Waals surface area contributed by atoms with Gasteiger partial charge < -0.3 is 9.84 Å². The first-order valence-corrected chi connectivity index (χ1v) is 9.80. The molecule has 25 heavy (non-hydrogen) atoms. The summed E-state index contributed by atoms with van der Waals surface area (Å²) in [5.74, 6) is 0.202. The molecular weight excluding hydrogens is 410 g/mol. The Morgan fingerprint density at radius 2 is 1.84 bits per heavy atom. The molecule has 0 spiro atoms. The minimum atomic E-state index is -3.81. The Kier molecular flexibility index (Phi) is 6.02. The highest BCUT2D eigenvalue weighted by Crippen LogP contribution is 2.30. The molecule has 2 rings (SSSR count). The van der Waals surface area contributed by atoms with Crippen molar-refractivity contribution >= 4 is 31.8 Å². The molecule has 136 valence electrons. The summed E-state index contributed by atoms with van der Waals surface area (Å²) in [7, 11) is -3.81.